The molecule has 6 nitrogen and oxygen atoms in total. The van der Waals surface area contributed by atoms with Gasteiger partial charge in [0.05, 0.1) is 13.2 Å². The van der Waals surface area contributed by atoms with E-state index in [4.69, 9.17) is 30.6 Å². The Balaban J connectivity index is 0. The normalized spacial score (nSPS) is 18.7. The van der Waals surface area contributed by atoms with Crippen molar-refractivity contribution in [3.05, 3.63) is 13.2 Å². The average Bonchev–Trinajstić information content (AvgIpc) is 2.27. The lowest BCUT2D eigenvalue weighted by Gasteiger charge is -2.24. The first-order chi connectivity index (χ1) is 6.54. The summed E-state index contributed by atoms with van der Waals surface area (Å²) >= 11 is 0. The summed E-state index contributed by atoms with van der Waals surface area (Å²) in [4.78, 5) is 0. The van der Waals surface area contributed by atoms with E-state index >= 15 is 0 Å². The molecule has 0 spiro atoms. The van der Waals surface area contributed by atoms with Gasteiger partial charge in [0.1, 0.15) is 24.4 Å². The summed E-state index contributed by atoms with van der Waals surface area (Å²) in [5.74, 6) is 0. The first-order valence-electron chi connectivity index (χ1n) is 3.98. The van der Waals surface area contributed by atoms with Crippen molar-refractivity contribution < 1.29 is 30.6 Å². The molecule has 0 aliphatic heterocycles. The molecule has 0 unspecified atom stereocenters. The van der Waals surface area contributed by atoms with Crippen LogP contribution in [0.15, 0.2) is 13.2 Å². The summed E-state index contributed by atoms with van der Waals surface area (Å²) in [5, 5.41) is 52.2. The van der Waals surface area contributed by atoms with E-state index in [1.165, 1.54) is 0 Å². The fraction of sp³-hybridized carbons (Fsp3) is 0.750. The van der Waals surface area contributed by atoms with E-state index < -0.39 is 37.6 Å². The molecule has 0 aromatic carbocycles. The number of rotatable bonds is 5. The topological polar surface area (TPSA) is 121 Å². The molecule has 0 bridgehead atoms. The molecule has 0 fully saturated rings. The van der Waals surface area contributed by atoms with Crippen LogP contribution in [0.2, 0.25) is 0 Å². The van der Waals surface area contributed by atoms with Gasteiger partial charge in [-0.2, -0.15) is 0 Å². The van der Waals surface area contributed by atoms with Crippen molar-refractivity contribution in [2.75, 3.05) is 13.2 Å². The quantitative estimate of drug-likeness (QED) is 0.273. The molecular weight excluding hydrogens is 192 g/mol. The Labute approximate surface area is 82.4 Å². The predicted octanol–water partition coefficient (Wildman–Crippen LogP) is -2.78. The molecule has 6 N–H and O–H groups in total. The fourth-order valence-electron chi connectivity index (χ4n) is 0.671. The van der Waals surface area contributed by atoms with Crippen LogP contribution < -0.4 is 0 Å². The van der Waals surface area contributed by atoms with Gasteiger partial charge in [0, 0.05) is 0 Å². The second-order valence-electron chi connectivity index (χ2n) is 2.48. The number of hydrogen-bond acceptors (Lipinski definition) is 6. The van der Waals surface area contributed by atoms with Gasteiger partial charge < -0.3 is 30.6 Å². The molecule has 0 radical (unpaired) electrons. The van der Waals surface area contributed by atoms with E-state index in [1.54, 1.807) is 0 Å². The second kappa shape index (κ2) is 9.07. The monoisotopic (exact) mass is 210 g/mol. The van der Waals surface area contributed by atoms with Crippen LogP contribution in [0.4, 0.5) is 0 Å². The van der Waals surface area contributed by atoms with Crippen LogP contribution >= 0.6 is 0 Å². The van der Waals surface area contributed by atoms with Gasteiger partial charge in [0.2, 0.25) is 0 Å². The summed E-state index contributed by atoms with van der Waals surface area (Å²) in [5.41, 5.74) is 0. The Morgan fingerprint density at radius 3 is 1.07 bits per heavy atom. The molecule has 14 heavy (non-hydrogen) atoms. The zero-order valence-electron chi connectivity index (χ0n) is 7.82. The van der Waals surface area contributed by atoms with Crippen LogP contribution in [0.5, 0.6) is 0 Å². The molecule has 86 valence electrons. The Hall–Kier alpha value is -0.500. The van der Waals surface area contributed by atoms with Crippen LogP contribution in [-0.4, -0.2) is 68.3 Å². The van der Waals surface area contributed by atoms with Crippen LogP contribution in [0.1, 0.15) is 0 Å². The maximum atomic E-state index is 8.96. The molecule has 0 saturated heterocycles. The van der Waals surface area contributed by atoms with E-state index in [0.717, 1.165) is 0 Å². The van der Waals surface area contributed by atoms with Gasteiger partial charge in [-0.3, -0.25) is 0 Å². The maximum Gasteiger partial charge on any atom is 0.111 e. The molecule has 0 amide bonds. The lowest BCUT2D eigenvalue weighted by Crippen LogP contribution is -2.46. The van der Waals surface area contributed by atoms with Crippen LogP contribution in [-0.2, 0) is 0 Å². The number of hydrogen-bond donors (Lipinski definition) is 6. The summed E-state index contributed by atoms with van der Waals surface area (Å²) < 4.78 is 0. The van der Waals surface area contributed by atoms with E-state index in [-0.39, 0.29) is 0 Å². The third kappa shape index (κ3) is 5.28. The summed E-state index contributed by atoms with van der Waals surface area (Å²) in [6.07, 6.45) is -6.39. The minimum Gasteiger partial charge on any atom is -0.394 e. The van der Waals surface area contributed by atoms with Crippen molar-refractivity contribution >= 4 is 0 Å². The van der Waals surface area contributed by atoms with Crippen molar-refractivity contribution in [2.45, 2.75) is 24.4 Å². The molecule has 0 rings (SSSR count). The van der Waals surface area contributed by atoms with Crippen molar-refractivity contribution in [3.8, 4) is 0 Å². The summed E-state index contributed by atoms with van der Waals surface area (Å²) in [7, 11) is 0. The second-order valence-corrected chi connectivity index (χ2v) is 2.48. The standard InChI is InChI=1S/C6H14O6.C2H4/c7-1-3(9)5(11)6(12)4(10)2-8;1-2/h3-12H,1-2H2;1-2H2/t3-,4-,5-,6-;/m1./s1. The predicted molar refractivity (Wildman–Crippen MR) is 49.5 cm³/mol. The first-order valence-corrected chi connectivity index (χ1v) is 3.98. The van der Waals surface area contributed by atoms with Gasteiger partial charge in [-0.1, -0.05) is 0 Å². The third-order valence-electron chi connectivity index (χ3n) is 1.51. The van der Waals surface area contributed by atoms with Crippen LogP contribution in [0.25, 0.3) is 0 Å². The van der Waals surface area contributed by atoms with Gasteiger partial charge in [0.25, 0.3) is 0 Å². The number of aliphatic hydroxyl groups is 6. The highest BCUT2D eigenvalue weighted by atomic mass is 16.4. The van der Waals surface area contributed by atoms with E-state index in [2.05, 4.69) is 13.2 Å². The van der Waals surface area contributed by atoms with Gasteiger partial charge in [0.15, 0.2) is 0 Å². The van der Waals surface area contributed by atoms with Crippen LogP contribution in [0, 0.1) is 0 Å². The summed E-state index contributed by atoms with van der Waals surface area (Å²) in [6.45, 7) is 4.55. The largest absolute Gasteiger partial charge is 0.394 e. The van der Waals surface area contributed by atoms with E-state index in [1.807, 2.05) is 0 Å². The van der Waals surface area contributed by atoms with E-state index in [0.29, 0.717) is 0 Å². The molecule has 0 heterocycles. The molecule has 0 aromatic heterocycles. The fourth-order valence-corrected chi connectivity index (χ4v) is 0.671. The summed E-state index contributed by atoms with van der Waals surface area (Å²) in [6, 6.07) is 0. The van der Waals surface area contributed by atoms with Crippen molar-refractivity contribution in [1.29, 1.82) is 0 Å². The zero-order valence-corrected chi connectivity index (χ0v) is 7.82. The molecular formula is C8H18O6. The van der Waals surface area contributed by atoms with Crippen LogP contribution in [0.3, 0.4) is 0 Å². The highest BCUT2D eigenvalue weighted by molar-refractivity contribution is 4.79. The Morgan fingerprint density at radius 2 is 0.929 bits per heavy atom. The lowest BCUT2D eigenvalue weighted by atomic mass is 10.0. The van der Waals surface area contributed by atoms with Gasteiger partial charge in [-0.25, -0.2) is 0 Å². The molecule has 0 aliphatic carbocycles. The van der Waals surface area contributed by atoms with Gasteiger partial charge in [-0.05, 0) is 0 Å². The van der Waals surface area contributed by atoms with E-state index in [9.17, 15) is 0 Å². The van der Waals surface area contributed by atoms with Gasteiger partial charge in [-0.15, -0.1) is 13.2 Å². The SMILES string of the molecule is C=C.OC[C@@H](O)[C@@H](O)[C@H](O)[C@H](O)CO. The maximum absolute atomic E-state index is 8.96. The molecule has 4 atom stereocenters. The smallest absolute Gasteiger partial charge is 0.111 e. The van der Waals surface area contributed by atoms with Crippen molar-refractivity contribution in [2.24, 2.45) is 0 Å². The van der Waals surface area contributed by atoms with Crippen molar-refractivity contribution in [3.63, 3.8) is 0 Å². The molecule has 0 saturated carbocycles. The minimum absolute atomic E-state index is 0.726. The first kappa shape index (κ1) is 15.9. The molecule has 0 aromatic rings. The highest BCUT2D eigenvalue weighted by Gasteiger charge is 2.29. The lowest BCUT2D eigenvalue weighted by molar-refractivity contribution is -0.123. The Kier molecular flexibility index (Phi) is 10.3. The average molecular weight is 210 g/mol. The molecule has 6 heteroatoms. The zero-order chi connectivity index (χ0) is 11.7. The highest BCUT2D eigenvalue weighted by Crippen LogP contribution is 2.03. The Bertz CT molecular complexity index is 117. The number of aliphatic hydroxyl groups excluding tert-OH is 6. The minimum atomic E-state index is -1.67. The molecule has 0 aliphatic rings. The Morgan fingerprint density at radius 1 is 0.714 bits per heavy atom. The third-order valence-corrected chi connectivity index (χ3v) is 1.51. The van der Waals surface area contributed by atoms with Gasteiger partial charge >= 0.3 is 0 Å². The van der Waals surface area contributed by atoms with Crippen molar-refractivity contribution in [1.82, 2.24) is 0 Å².